The second-order valence-electron chi connectivity index (χ2n) is 9.29. The summed E-state index contributed by atoms with van der Waals surface area (Å²) in [4.78, 5) is 21.9. The van der Waals surface area contributed by atoms with Crippen molar-refractivity contribution in [3.05, 3.63) is 81.8 Å². The molecule has 6 nitrogen and oxygen atoms in total. The van der Waals surface area contributed by atoms with Crippen LogP contribution in [0.15, 0.2) is 48.5 Å². The maximum atomic E-state index is 14.2. The quantitative estimate of drug-likeness (QED) is 0.417. The highest BCUT2D eigenvalue weighted by atomic mass is 35.5. The fraction of sp³-hybridized carbons (Fsp3) is 0.296. The topological polar surface area (TPSA) is 84.1 Å². The van der Waals surface area contributed by atoms with E-state index < -0.39 is 17.6 Å². The molecule has 1 aromatic heterocycles. The molecule has 1 spiro atoms. The van der Waals surface area contributed by atoms with Crippen LogP contribution in [0.2, 0.25) is 5.15 Å². The number of piperidine rings is 1. The van der Waals surface area contributed by atoms with Crippen LogP contribution in [0.5, 0.6) is 0 Å². The molecule has 2 aliphatic rings. The molecule has 5 rings (SSSR count). The van der Waals surface area contributed by atoms with Crippen LogP contribution in [0.3, 0.4) is 0 Å². The number of aryl methyl sites for hydroxylation is 1. The van der Waals surface area contributed by atoms with Gasteiger partial charge in [-0.05, 0) is 48.6 Å². The van der Waals surface area contributed by atoms with Crippen molar-refractivity contribution in [2.24, 2.45) is 5.73 Å². The third-order valence-electron chi connectivity index (χ3n) is 7.13. The number of halogens is 4. The van der Waals surface area contributed by atoms with E-state index in [2.05, 4.69) is 39.6 Å². The van der Waals surface area contributed by atoms with Gasteiger partial charge in [-0.25, -0.2) is 9.97 Å². The average molecular weight is 528 g/mol. The molecule has 1 aliphatic heterocycles. The highest BCUT2D eigenvalue weighted by Gasteiger charge is 2.40. The Morgan fingerprint density at radius 3 is 2.57 bits per heavy atom. The number of carbonyl (C=O) groups excluding carboxylic acids is 1. The molecule has 1 amide bonds. The predicted octanol–water partition coefficient (Wildman–Crippen LogP) is 6.12. The number of hydrogen-bond donors (Lipinski definition) is 2. The molecule has 0 unspecified atom stereocenters. The third kappa shape index (κ3) is 4.64. The van der Waals surface area contributed by atoms with Crippen molar-refractivity contribution in [2.45, 2.75) is 37.8 Å². The Hall–Kier alpha value is -3.59. The number of aromatic nitrogens is 2. The Kier molecular flexibility index (Phi) is 6.35. The number of rotatable bonds is 5. The first-order valence-electron chi connectivity index (χ1n) is 12.0. The standard InChI is InChI=1S/C27H25ClF3N5O/c1-2-20-23(28)35-25(22(34-20)24(32)37)33-17-7-8-21(19(15-17)27(29,30)31)36-13-11-26(12-14-36)10-9-16-5-3-4-6-18(16)26/h3-10,15H,2,11-14H2,1H3,(H2,32,37)(H,33,35). The van der Waals surface area contributed by atoms with Gasteiger partial charge < -0.3 is 16.0 Å². The largest absolute Gasteiger partial charge is 0.418 e. The van der Waals surface area contributed by atoms with Crippen molar-refractivity contribution >= 4 is 40.8 Å². The zero-order valence-corrected chi connectivity index (χ0v) is 20.8. The molecule has 0 saturated carbocycles. The van der Waals surface area contributed by atoms with Crippen molar-refractivity contribution in [1.29, 1.82) is 0 Å². The van der Waals surface area contributed by atoms with Crippen LogP contribution >= 0.6 is 11.6 Å². The van der Waals surface area contributed by atoms with Crippen molar-refractivity contribution in [2.75, 3.05) is 23.3 Å². The molecule has 1 saturated heterocycles. The molecule has 2 aromatic carbocycles. The van der Waals surface area contributed by atoms with Gasteiger partial charge >= 0.3 is 6.18 Å². The minimum Gasteiger partial charge on any atom is -0.371 e. The van der Waals surface area contributed by atoms with Gasteiger partial charge in [-0.3, -0.25) is 4.79 Å². The molecule has 0 bridgehead atoms. The van der Waals surface area contributed by atoms with E-state index in [1.165, 1.54) is 23.3 Å². The SMILES string of the molecule is CCc1nc(C(N)=O)c(Nc2ccc(N3CCC4(C=Cc5ccccc54)CC3)c(C(F)(F)F)c2)nc1Cl. The molecule has 3 aromatic rings. The number of carbonyl (C=O) groups is 1. The zero-order chi connectivity index (χ0) is 26.4. The van der Waals surface area contributed by atoms with E-state index in [1.54, 1.807) is 11.8 Å². The average Bonchev–Trinajstić information content (AvgIpc) is 3.22. The molecule has 0 atom stereocenters. The van der Waals surface area contributed by atoms with E-state index in [0.717, 1.165) is 18.9 Å². The second-order valence-corrected chi connectivity index (χ2v) is 9.65. The van der Waals surface area contributed by atoms with E-state index in [4.69, 9.17) is 17.3 Å². The number of alkyl halides is 3. The fourth-order valence-corrected chi connectivity index (χ4v) is 5.46. The Morgan fingerprint density at radius 2 is 1.89 bits per heavy atom. The van der Waals surface area contributed by atoms with Gasteiger partial charge in [-0.2, -0.15) is 13.2 Å². The van der Waals surface area contributed by atoms with Crippen molar-refractivity contribution in [3.8, 4) is 0 Å². The van der Waals surface area contributed by atoms with Gasteiger partial charge in [0, 0.05) is 29.9 Å². The Balaban J connectivity index is 1.43. The van der Waals surface area contributed by atoms with Gasteiger partial charge in [0.15, 0.2) is 16.7 Å². The summed E-state index contributed by atoms with van der Waals surface area (Å²) in [7, 11) is 0. The molecule has 1 fully saturated rings. The highest BCUT2D eigenvalue weighted by Crippen LogP contribution is 2.46. The van der Waals surface area contributed by atoms with Crippen LogP contribution < -0.4 is 16.0 Å². The molecule has 2 heterocycles. The molecular weight excluding hydrogens is 503 g/mol. The molecule has 1 aliphatic carbocycles. The van der Waals surface area contributed by atoms with Crippen molar-refractivity contribution < 1.29 is 18.0 Å². The van der Waals surface area contributed by atoms with Crippen LogP contribution in [0.4, 0.5) is 30.4 Å². The minimum atomic E-state index is -4.59. The fourth-order valence-electron chi connectivity index (χ4n) is 5.20. The van der Waals surface area contributed by atoms with E-state index in [0.29, 0.717) is 25.2 Å². The second kappa shape index (κ2) is 9.37. The lowest BCUT2D eigenvalue weighted by Gasteiger charge is -2.41. The molecule has 0 radical (unpaired) electrons. The maximum absolute atomic E-state index is 14.2. The number of fused-ring (bicyclic) bond motifs is 2. The number of anilines is 3. The number of amides is 1. The summed E-state index contributed by atoms with van der Waals surface area (Å²) in [5.41, 5.74) is 7.31. The lowest BCUT2D eigenvalue weighted by atomic mass is 9.74. The smallest absolute Gasteiger partial charge is 0.371 e. The minimum absolute atomic E-state index is 0.0486. The Labute approximate surface area is 217 Å². The van der Waals surface area contributed by atoms with Crippen LogP contribution in [0, 0.1) is 0 Å². The Morgan fingerprint density at radius 1 is 1.16 bits per heavy atom. The number of nitrogens with one attached hydrogen (secondary N) is 1. The van der Waals surface area contributed by atoms with Crippen LogP contribution in [0.25, 0.3) is 6.08 Å². The van der Waals surface area contributed by atoms with Crippen LogP contribution in [-0.4, -0.2) is 29.0 Å². The lowest BCUT2D eigenvalue weighted by molar-refractivity contribution is -0.137. The number of nitrogens with zero attached hydrogens (tertiary/aromatic N) is 3. The Bertz CT molecular complexity index is 1400. The monoisotopic (exact) mass is 527 g/mol. The first kappa shape index (κ1) is 25.1. The van der Waals surface area contributed by atoms with Crippen molar-refractivity contribution in [3.63, 3.8) is 0 Å². The summed E-state index contributed by atoms with van der Waals surface area (Å²) in [6.45, 7) is 2.76. The highest BCUT2D eigenvalue weighted by molar-refractivity contribution is 6.30. The summed E-state index contributed by atoms with van der Waals surface area (Å²) in [5, 5.41) is 2.80. The van der Waals surface area contributed by atoms with Gasteiger partial charge in [0.2, 0.25) is 0 Å². The number of benzene rings is 2. The number of allylic oxidation sites excluding steroid dienone is 1. The van der Waals surface area contributed by atoms with Gasteiger partial charge in [-0.15, -0.1) is 0 Å². The molecule has 192 valence electrons. The summed E-state index contributed by atoms with van der Waals surface area (Å²) in [5.74, 6) is -0.957. The summed E-state index contributed by atoms with van der Waals surface area (Å²) < 4.78 is 42.6. The van der Waals surface area contributed by atoms with E-state index in [9.17, 15) is 18.0 Å². The third-order valence-corrected chi connectivity index (χ3v) is 7.43. The van der Waals surface area contributed by atoms with Crippen LogP contribution in [0.1, 0.15) is 52.6 Å². The summed E-state index contributed by atoms with van der Waals surface area (Å²) in [6.07, 6.45) is 1.56. The van der Waals surface area contributed by atoms with E-state index >= 15 is 0 Å². The first-order valence-corrected chi connectivity index (χ1v) is 12.4. The zero-order valence-electron chi connectivity index (χ0n) is 20.1. The molecular formula is C27H25ClF3N5O. The van der Waals surface area contributed by atoms with Crippen molar-refractivity contribution in [1.82, 2.24) is 9.97 Å². The number of hydrogen-bond acceptors (Lipinski definition) is 5. The van der Waals surface area contributed by atoms with Gasteiger partial charge in [0.1, 0.15) is 0 Å². The van der Waals surface area contributed by atoms with Gasteiger partial charge in [0.05, 0.1) is 11.3 Å². The number of nitrogens with two attached hydrogens (primary N) is 1. The first-order chi connectivity index (χ1) is 17.6. The van der Waals surface area contributed by atoms with Gasteiger partial charge in [0.25, 0.3) is 5.91 Å². The number of primary amides is 1. The maximum Gasteiger partial charge on any atom is 0.418 e. The molecule has 10 heteroatoms. The molecule has 3 N–H and O–H groups in total. The summed E-state index contributed by atoms with van der Waals surface area (Å²) >= 11 is 6.13. The van der Waals surface area contributed by atoms with Gasteiger partial charge in [-0.1, -0.05) is 54.9 Å². The molecule has 37 heavy (non-hydrogen) atoms. The summed E-state index contributed by atoms with van der Waals surface area (Å²) in [6, 6.07) is 12.1. The van der Waals surface area contributed by atoms with E-state index in [-0.39, 0.29) is 33.5 Å². The van der Waals surface area contributed by atoms with Crippen LogP contribution in [-0.2, 0) is 18.0 Å². The normalized spacial score (nSPS) is 16.2. The predicted molar refractivity (Wildman–Crippen MR) is 138 cm³/mol. The lowest BCUT2D eigenvalue weighted by Crippen LogP contribution is -2.41. The van der Waals surface area contributed by atoms with E-state index in [1.807, 2.05) is 12.1 Å².